The summed E-state index contributed by atoms with van der Waals surface area (Å²) < 4.78 is 18.2. The van der Waals surface area contributed by atoms with Crippen molar-refractivity contribution in [1.29, 1.82) is 0 Å². The minimum atomic E-state index is -1.92. The monoisotopic (exact) mass is 525 g/mol. The predicted octanol–water partition coefficient (Wildman–Crippen LogP) is 0.855. The fourth-order valence-electron chi connectivity index (χ4n) is 5.79. The predicted molar refractivity (Wildman–Crippen MR) is 130 cm³/mol. The van der Waals surface area contributed by atoms with E-state index in [4.69, 9.17) is 19.2 Å². The summed E-state index contributed by atoms with van der Waals surface area (Å²) >= 11 is 1.55. The highest BCUT2D eigenvalue weighted by Crippen LogP contribution is 2.53. The number of carbonyl (C=O) groups is 1. The fourth-order valence-corrected chi connectivity index (χ4v) is 7.03. The summed E-state index contributed by atoms with van der Waals surface area (Å²) in [5.41, 5.74) is 1.58. The van der Waals surface area contributed by atoms with Crippen molar-refractivity contribution in [3.63, 3.8) is 0 Å². The highest BCUT2D eigenvalue weighted by atomic mass is 32.2. The molecule has 4 aliphatic rings. The number of carbonyl (C=O) groups excluding carboxylic acids is 1. The van der Waals surface area contributed by atoms with Crippen LogP contribution < -0.4 is 20.3 Å². The highest BCUT2D eigenvalue weighted by molar-refractivity contribution is 7.99. The van der Waals surface area contributed by atoms with E-state index in [1.807, 2.05) is 0 Å². The number of benzene rings is 1. The number of fused-ring (bicyclic) bond motifs is 7. The zero-order valence-electron chi connectivity index (χ0n) is 19.7. The second-order valence-corrected chi connectivity index (χ2v) is 10.5. The first-order chi connectivity index (χ1) is 17.9. The Hall–Kier alpha value is -3.16. The van der Waals surface area contributed by atoms with Crippen LogP contribution in [0.3, 0.4) is 0 Å². The number of cyclic esters (lactones) is 1. The number of aliphatic hydroxyl groups excluding tert-OH is 2. The molecular formula is C25H23N3O8S. The molecule has 0 spiro atoms. The van der Waals surface area contributed by atoms with E-state index in [1.165, 1.54) is 0 Å². The Morgan fingerprint density at radius 2 is 2.11 bits per heavy atom. The van der Waals surface area contributed by atoms with Crippen molar-refractivity contribution in [3.05, 3.63) is 44.7 Å². The Kier molecular flexibility index (Phi) is 4.92. The second kappa shape index (κ2) is 7.92. The number of nitrogens with zero attached hydrogens (tertiary/aromatic N) is 2. The van der Waals surface area contributed by atoms with Gasteiger partial charge in [0.15, 0.2) is 17.1 Å². The number of rotatable bonds is 4. The van der Waals surface area contributed by atoms with Crippen LogP contribution in [0.2, 0.25) is 0 Å². The minimum absolute atomic E-state index is 0.0556. The molecule has 0 amide bonds. The first-order valence-electron chi connectivity index (χ1n) is 12.0. The first-order valence-corrected chi connectivity index (χ1v) is 13.0. The number of pyridine rings is 2. The molecule has 2 aromatic heterocycles. The molecule has 0 aliphatic carbocycles. The topological polar surface area (TPSA) is 152 Å². The van der Waals surface area contributed by atoms with Gasteiger partial charge in [-0.15, -0.1) is 11.8 Å². The Bertz CT molecular complexity index is 1590. The van der Waals surface area contributed by atoms with Crippen molar-refractivity contribution < 1.29 is 34.3 Å². The maximum Gasteiger partial charge on any atom is 0.343 e. The van der Waals surface area contributed by atoms with Gasteiger partial charge in [-0.2, -0.15) is 0 Å². The average Bonchev–Trinajstić information content (AvgIpc) is 3.52. The summed E-state index contributed by atoms with van der Waals surface area (Å²) in [6, 6.07) is 3.13. The summed E-state index contributed by atoms with van der Waals surface area (Å²) in [5.74, 6) is 0.991. The molecule has 12 heteroatoms. The zero-order chi connectivity index (χ0) is 25.6. The molecule has 1 aromatic carbocycles. The quantitative estimate of drug-likeness (QED) is 0.222. The van der Waals surface area contributed by atoms with Crippen molar-refractivity contribution in [1.82, 2.24) is 14.9 Å². The number of ether oxygens (including phenoxy) is 3. The molecule has 3 atom stereocenters. The van der Waals surface area contributed by atoms with Gasteiger partial charge in [0.1, 0.15) is 12.8 Å². The zero-order valence-corrected chi connectivity index (χ0v) is 20.6. The molecule has 3 aromatic rings. The lowest BCUT2D eigenvalue weighted by atomic mass is 9.86. The van der Waals surface area contributed by atoms with E-state index in [0.717, 1.165) is 21.4 Å². The van der Waals surface area contributed by atoms with Crippen molar-refractivity contribution in [2.24, 2.45) is 0 Å². The van der Waals surface area contributed by atoms with Crippen LogP contribution in [0.25, 0.3) is 22.3 Å². The number of aromatic nitrogens is 2. The molecule has 6 heterocycles. The average molecular weight is 526 g/mol. The van der Waals surface area contributed by atoms with E-state index in [1.54, 1.807) is 35.4 Å². The van der Waals surface area contributed by atoms with E-state index in [-0.39, 0.29) is 49.1 Å². The smallest absolute Gasteiger partial charge is 0.343 e. The SMILES string of the molecule is CC[C@@]1(O)C(=O)OCc2c1cc1n(c2=O)Cc2c-1nc1cc3c(c4c1c2[C@H](NC(O)CO)CS4)OCO3. The summed E-state index contributed by atoms with van der Waals surface area (Å²) in [5, 5.41) is 34.8. The highest BCUT2D eigenvalue weighted by Gasteiger charge is 2.46. The Morgan fingerprint density at radius 1 is 1.27 bits per heavy atom. The van der Waals surface area contributed by atoms with Crippen LogP contribution in [0.4, 0.5) is 0 Å². The van der Waals surface area contributed by atoms with Gasteiger partial charge in [0, 0.05) is 34.4 Å². The molecule has 11 nitrogen and oxygen atoms in total. The molecule has 0 fully saturated rings. The van der Waals surface area contributed by atoms with Gasteiger partial charge in [0.2, 0.25) is 6.79 Å². The van der Waals surface area contributed by atoms with Gasteiger partial charge in [-0.3, -0.25) is 10.1 Å². The summed E-state index contributed by atoms with van der Waals surface area (Å²) in [6.07, 6.45) is -1.08. The third kappa shape index (κ3) is 3.01. The van der Waals surface area contributed by atoms with Crippen LogP contribution in [0.1, 0.15) is 41.6 Å². The first kappa shape index (κ1) is 23.0. The van der Waals surface area contributed by atoms with Gasteiger partial charge < -0.3 is 34.1 Å². The minimum Gasteiger partial charge on any atom is -0.458 e. The normalized spacial score (nSPS) is 23.5. The molecule has 4 N–H and O–H groups in total. The number of hydrogen-bond acceptors (Lipinski definition) is 11. The standard InChI is InChI=1S/C25H23N3O8S/c1-2-25(33)12-3-15-20-10(5-28(15)23(31)11(12)7-34-24(25)32)18-14(26-17(30)6-29)8-37-22-19(18)13(27-20)4-16-21(22)36-9-35-16/h3-4,14,17,26,29-30,33H,2,5-9H2,1H3/t14-,17?,25+/m1/s1. The molecular weight excluding hydrogens is 502 g/mol. The van der Waals surface area contributed by atoms with Crippen LogP contribution in [0.5, 0.6) is 11.5 Å². The number of nitrogens with one attached hydrogen (secondary N) is 1. The number of hydrogen-bond donors (Lipinski definition) is 4. The molecule has 0 saturated carbocycles. The number of aliphatic hydroxyl groups is 3. The van der Waals surface area contributed by atoms with Crippen LogP contribution in [-0.2, 0) is 28.3 Å². The van der Waals surface area contributed by atoms with Crippen molar-refractivity contribution >= 4 is 28.6 Å². The molecule has 37 heavy (non-hydrogen) atoms. The molecule has 0 bridgehead atoms. The van der Waals surface area contributed by atoms with Gasteiger partial charge in [-0.1, -0.05) is 6.92 Å². The lowest BCUT2D eigenvalue weighted by Gasteiger charge is -2.31. The fraction of sp³-hybridized carbons (Fsp3) is 0.400. The third-order valence-corrected chi connectivity index (χ3v) is 8.80. The van der Waals surface area contributed by atoms with Crippen LogP contribution in [0, 0.1) is 0 Å². The van der Waals surface area contributed by atoms with E-state index < -0.39 is 24.4 Å². The van der Waals surface area contributed by atoms with Gasteiger partial charge in [0.25, 0.3) is 5.56 Å². The van der Waals surface area contributed by atoms with Crippen LogP contribution in [-0.4, -0.2) is 56.2 Å². The third-order valence-electron chi connectivity index (χ3n) is 7.62. The van der Waals surface area contributed by atoms with Crippen LogP contribution >= 0.6 is 11.8 Å². The van der Waals surface area contributed by atoms with E-state index in [9.17, 15) is 24.9 Å². The largest absolute Gasteiger partial charge is 0.458 e. The molecule has 0 radical (unpaired) electrons. The maximum absolute atomic E-state index is 13.6. The molecule has 0 saturated heterocycles. The summed E-state index contributed by atoms with van der Waals surface area (Å²) in [6.45, 7) is 1.33. The Labute approximate surface area is 214 Å². The van der Waals surface area contributed by atoms with Gasteiger partial charge >= 0.3 is 5.97 Å². The van der Waals surface area contributed by atoms with Crippen LogP contribution in [0.15, 0.2) is 21.8 Å². The number of thioether (sulfide) groups is 1. The van der Waals surface area contributed by atoms with Crippen molar-refractivity contribution in [2.75, 3.05) is 19.2 Å². The Morgan fingerprint density at radius 3 is 2.89 bits per heavy atom. The molecule has 7 rings (SSSR count). The second-order valence-electron chi connectivity index (χ2n) is 9.52. The van der Waals surface area contributed by atoms with Crippen molar-refractivity contribution in [3.8, 4) is 22.9 Å². The summed E-state index contributed by atoms with van der Waals surface area (Å²) in [4.78, 5) is 32.0. The van der Waals surface area contributed by atoms with E-state index >= 15 is 0 Å². The van der Waals surface area contributed by atoms with E-state index in [2.05, 4.69) is 5.32 Å². The molecule has 4 aliphatic heterocycles. The lowest BCUT2D eigenvalue weighted by molar-refractivity contribution is -0.172. The molecule has 1 unspecified atom stereocenters. The van der Waals surface area contributed by atoms with Crippen molar-refractivity contribution in [2.45, 2.75) is 49.3 Å². The van der Waals surface area contributed by atoms with Gasteiger partial charge in [-0.05, 0) is 18.1 Å². The van der Waals surface area contributed by atoms with Gasteiger partial charge in [0.05, 0.1) is 40.5 Å². The molecule has 192 valence electrons. The Balaban J connectivity index is 1.52. The maximum atomic E-state index is 13.6. The summed E-state index contributed by atoms with van der Waals surface area (Å²) in [7, 11) is 0. The van der Waals surface area contributed by atoms with E-state index in [0.29, 0.717) is 34.2 Å². The van der Waals surface area contributed by atoms with Gasteiger partial charge in [-0.25, -0.2) is 9.78 Å². The lowest BCUT2D eigenvalue weighted by Crippen LogP contribution is -2.44. The number of esters is 1.